The lowest BCUT2D eigenvalue weighted by Gasteiger charge is -2.13. The Hall–Kier alpha value is -3.39. The fraction of sp³-hybridized carbons (Fsp3) is 0.115. The van der Waals surface area contributed by atoms with Gasteiger partial charge in [-0.25, -0.2) is 0 Å². The summed E-state index contributed by atoms with van der Waals surface area (Å²) >= 11 is 0. The van der Waals surface area contributed by atoms with Gasteiger partial charge in [-0.3, -0.25) is 4.98 Å². The summed E-state index contributed by atoms with van der Waals surface area (Å²) in [6.45, 7) is 4.23. The van der Waals surface area contributed by atoms with Crippen LogP contribution in [0.4, 0.5) is 0 Å². The Balaban J connectivity index is 1.90. The van der Waals surface area contributed by atoms with E-state index in [1.54, 1.807) is 7.11 Å². The van der Waals surface area contributed by atoms with Crippen LogP contribution >= 0.6 is 0 Å². The maximum atomic E-state index is 5.38. The van der Waals surface area contributed by atoms with E-state index in [9.17, 15) is 0 Å². The molecule has 0 unspecified atom stereocenters. The number of nitrogens with zero attached hydrogens (tertiary/aromatic N) is 1. The normalized spacial score (nSPS) is 10.7. The molecule has 0 saturated carbocycles. The minimum atomic E-state index is 0.832. The van der Waals surface area contributed by atoms with Crippen molar-refractivity contribution in [1.29, 1.82) is 0 Å². The molecular formula is C26H23NO. The molecule has 0 bridgehead atoms. The van der Waals surface area contributed by atoms with Crippen LogP contribution in [0, 0.1) is 13.8 Å². The number of methoxy groups -OCH3 is 1. The van der Waals surface area contributed by atoms with E-state index >= 15 is 0 Å². The highest BCUT2D eigenvalue weighted by Gasteiger charge is 2.12. The van der Waals surface area contributed by atoms with Gasteiger partial charge in [0.05, 0.1) is 12.8 Å². The molecule has 3 aromatic carbocycles. The fourth-order valence-corrected chi connectivity index (χ4v) is 3.41. The summed E-state index contributed by atoms with van der Waals surface area (Å²) in [5.74, 6) is 0.832. The van der Waals surface area contributed by atoms with E-state index in [4.69, 9.17) is 9.72 Å². The molecule has 0 spiro atoms. The van der Waals surface area contributed by atoms with Gasteiger partial charge in [-0.2, -0.15) is 0 Å². The summed E-state index contributed by atoms with van der Waals surface area (Å²) in [5.41, 5.74) is 9.16. The average Bonchev–Trinajstić information content (AvgIpc) is 2.74. The number of hydrogen-bond donors (Lipinski definition) is 0. The Morgan fingerprint density at radius 1 is 0.643 bits per heavy atom. The first-order chi connectivity index (χ1) is 13.6. The smallest absolute Gasteiger partial charge is 0.119 e. The Labute approximate surface area is 166 Å². The van der Waals surface area contributed by atoms with Crippen molar-refractivity contribution in [2.24, 2.45) is 0 Å². The van der Waals surface area contributed by atoms with Gasteiger partial charge in [-0.05, 0) is 48.7 Å². The molecule has 0 aliphatic heterocycles. The highest BCUT2D eigenvalue weighted by atomic mass is 16.5. The highest BCUT2D eigenvalue weighted by Crippen LogP contribution is 2.35. The van der Waals surface area contributed by atoms with Crippen molar-refractivity contribution in [2.75, 3.05) is 7.11 Å². The van der Waals surface area contributed by atoms with Crippen molar-refractivity contribution in [3.05, 3.63) is 96.2 Å². The average molecular weight is 365 g/mol. The molecule has 28 heavy (non-hydrogen) atoms. The SMILES string of the molecule is COc1cccc(-c2cc(-c3ccc(C)cc3)c(-c3cccc(C)c3)cn2)c1. The van der Waals surface area contributed by atoms with Gasteiger partial charge >= 0.3 is 0 Å². The van der Waals surface area contributed by atoms with Crippen LogP contribution in [0.15, 0.2) is 85.1 Å². The van der Waals surface area contributed by atoms with E-state index in [1.165, 1.54) is 27.8 Å². The molecule has 0 N–H and O–H groups in total. The van der Waals surface area contributed by atoms with E-state index in [-0.39, 0.29) is 0 Å². The van der Waals surface area contributed by atoms with Crippen LogP contribution in [-0.4, -0.2) is 12.1 Å². The Morgan fingerprint density at radius 2 is 1.39 bits per heavy atom. The number of rotatable bonds is 4. The monoisotopic (exact) mass is 365 g/mol. The lowest BCUT2D eigenvalue weighted by atomic mass is 9.93. The molecule has 138 valence electrons. The van der Waals surface area contributed by atoms with Crippen LogP contribution in [0.5, 0.6) is 5.75 Å². The summed E-state index contributed by atoms with van der Waals surface area (Å²) in [6, 6.07) is 27.4. The van der Waals surface area contributed by atoms with Gasteiger partial charge in [-0.15, -0.1) is 0 Å². The number of benzene rings is 3. The molecule has 0 fully saturated rings. The van der Waals surface area contributed by atoms with Gasteiger partial charge in [0.1, 0.15) is 5.75 Å². The minimum Gasteiger partial charge on any atom is -0.497 e. The standard InChI is InChI=1S/C26H23NO/c1-18-10-12-20(13-11-18)24-16-26(22-8-5-9-23(15-22)28-3)27-17-25(24)21-7-4-6-19(2)14-21/h4-17H,1-3H3. The zero-order chi connectivity index (χ0) is 19.5. The molecule has 0 atom stereocenters. The van der Waals surface area contributed by atoms with Crippen LogP contribution < -0.4 is 4.74 Å². The van der Waals surface area contributed by atoms with Gasteiger partial charge in [0.2, 0.25) is 0 Å². The van der Waals surface area contributed by atoms with Crippen LogP contribution in [-0.2, 0) is 0 Å². The van der Waals surface area contributed by atoms with Crippen molar-refractivity contribution in [3.8, 4) is 39.3 Å². The second-order valence-electron chi connectivity index (χ2n) is 7.08. The van der Waals surface area contributed by atoms with Gasteiger partial charge in [0, 0.05) is 17.3 Å². The third-order valence-electron chi connectivity index (χ3n) is 4.96. The first-order valence-corrected chi connectivity index (χ1v) is 9.42. The van der Waals surface area contributed by atoms with Gasteiger partial charge in [0.25, 0.3) is 0 Å². The quantitative estimate of drug-likeness (QED) is 0.401. The molecule has 0 aliphatic carbocycles. The number of ether oxygens (including phenoxy) is 1. The third-order valence-corrected chi connectivity index (χ3v) is 4.96. The Bertz CT molecular complexity index is 1110. The maximum absolute atomic E-state index is 5.38. The Morgan fingerprint density at radius 3 is 2.14 bits per heavy atom. The third kappa shape index (κ3) is 3.67. The maximum Gasteiger partial charge on any atom is 0.119 e. The zero-order valence-corrected chi connectivity index (χ0v) is 16.4. The molecule has 0 aliphatic rings. The summed E-state index contributed by atoms with van der Waals surface area (Å²) in [7, 11) is 1.69. The van der Waals surface area contributed by atoms with E-state index in [0.29, 0.717) is 0 Å². The topological polar surface area (TPSA) is 22.1 Å². The number of hydrogen-bond acceptors (Lipinski definition) is 2. The lowest BCUT2D eigenvalue weighted by Crippen LogP contribution is -1.92. The number of aromatic nitrogens is 1. The van der Waals surface area contributed by atoms with Gasteiger partial charge in [0.15, 0.2) is 0 Å². The van der Waals surface area contributed by atoms with Crippen molar-refractivity contribution >= 4 is 0 Å². The summed E-state index contributed by atoms with van der Waals surface area (Å²) in [5, 5.41) is 0. The first-order valence-electron chi connectivity index (χ1n) is 9.42. The van der Waals surface area contributed by atoms with Gasteiger partial charge in [-0.1, -0.05) is 71.8 Å². The molecule has 4 aromatic rings. The summed E-state index contributed by atoms with van der Waals surface area (Å²) in [4.78, 5) is 4.78. The van der Waals surface area contributed by atoms with Crippen LogP contribution in [0.25, 0.3) is 33.5 Å². The molecule has 2 heteroatoms. The Kier molecular flexibility index (Phi) is 4.94. The van der Waals surface area contributed by atoms with Crippen LogP contribution in [0.1, 0.15) is 11.1 Å². The predicted molar refractivity (Wildman–Crippen MR) is 117 cm³/mol. The van der Waals surface area contributed by atoms with Crippen molar-refractivity contribution in [1.82, 2.24) is 4.98 Å². The van der Waals surface area contributed by atoms with Crippen molar-refractivity contribution in [2.45, 2.75) is 13.8 Å². The number of aryl methyl sites for hydroxylation is 2. The molecule has 1 aromatic heterocycles. The van der Waals surface area contributed by atoms with E-state index < -0.39 is 0 Å². The second kappa shape index (κ2) is 7.69. The largest absolute Gasteiger partial charge is 0.497 e. The lowest BCUT2D eigenvalue weighted by molar-refractivity contribution is 0.415. The predicted octanol–water partition coefficient (Wildman–Crippen LogP) is 6.71. The molecular weight excluding hydrogens is 342 g/mol. The first kappa shape index (κ1) is 18.0. The van der Waals surface area contributed by atoms with Gasteiger partial charge < -0.3 is 4.74 Å². The van der Waals surface area contributed by atoms with Crippen molar-refractivity contribution in [3.63, 3.8) is 0 Å². The molecule has 4 rings (SSSR count). The summed E-state index contributed by atoms with van der Waals surface area (Å²) in [6.07, 6.45) is 1.98. The minimum absolute atomic E-state index is 0.832. The molecule has 0 saturated heterocycles. The highest BCUT2D eigenvalue weighted by molar-refractivity contribution is 5.85. The molecule has 2 nitrogen and oxygen atoms in total. The van der Waals surface area contributed by atoms with E-state index in [1.807, 2.05) is 24.4 Å². The number of pyridine rings is 1. The zero-order valence-electron chi connectivity index (χ0n) is 16.4. The van der Waals surface area contributed by atoms with Crippen LogP contribution in [0.3, 0.4) is 0 Å². The second-order valence-corrected chi connectivity index (χ2v) is 7.08. The van der Waals surface area contributed by atoms with E-state index in [0.717, 1.165) is 22.6 Å². The molecule has 0 amide bonds. The summed E-state index contributed by atoms with van der Waals surface area (Å²) < 4.78 is 5.38. The van der Waals surface area contributed by atoms with Crippen molar-refractivity contribution < 1.29 is 4.74 Å². The van der Waals surface area contributed by atoms with Crippen LogP contribution in [0.2, 0.25) is 0 Å². The molecule has 1 heterocycles. The van der Waals surface area contributed by atoms with E-state index in [2.05, 4.69) is 74.5 Å². The fourth-order valence-electron chi connectivity index (χ4n) is 3.41. The molecule has 0 radical (unpaired) electrons.